The van der Waals surface area contributed by atoms with E-state index in [1.54, 1.807) is 10.8 Å². The molecule has 2 aromatic heterocycles. The fourth-order valence-corrected chi connectivity index (χ4v) is 4.21. The van der Waals surface area contributed by atoms with Crippen molar-refractivity contribution in [3.05, 3.63) is 53.1 Å². The highest BCUT2D eigenvalue weighted by Crippen LogP contribution is 2.38. The van der Waals surface area contributed by atoms with Gasteiger partial charge in [0.25, 0.3) is 5.56 Å². The minimum atomic E-state index is -0.126. The van der Waals surface area contributed by atoms with E-state index in [1.165, 1.54) is 6.20 Å². The Morgan fingerprint density at radius 1 is 1.17 bits per heavy atom. The van der Waals surface area contributed by atoms with Gasteiger partial charge in [-0.3, -0.25) is 9.36 Å². The van der Waals surface area contributed by atoms with E-state index in [0.717, 1.165) is 10.1 Å². The molecule has 0 amide bonds. The van der Waals surface area contributed by atoms with Crippen molar-refractivity contribution in [2.24, 2.45) is 0 Å². The van der Waals surface area contributed by atoms with E-state index < -0.39 is 0 Å². The highest BCUT2D eigenvalue weighted by Gasteiger charge is 2.38. The second-order valence-electron chi connectivity index (χ2n) is 5.48. The number of rotatable bonds is 2. The van der Waals surface area contributed by atoms with Crippen molar-refractivity contribution in [3.63, 3.8) is 0 Å². The van der Waals surface area contributed by atoms with Gasteiger partial charge in [0.1, 0.15) is 0 Å². The van der Waals surface area contributed by atoms with Gasteiger partial charge in [0.2, 0.25) is 5.95 Å². The number of hydrogen-bond acceptors (Lipinski definition) is 5. The lowest BCUT2D eigenvalue weighted by Crippen LogP contribution is -2.31. The summed E-state index contributed by atoms with van der Waals surface area (Å²) in [6.07, 6.45) is 3.09. The van der Waals surface area contributed by atoms with Crippen LogP contribution in [0.5, 0.6) is 0 Å². The van der Waals surface area contributed by atoms with E-state index in [2.05, 4.69) is 49.4 Å². The SMILES string of the molecule is C[C@H]1[C@H](CI)N(c2ccccc2)c2nc3nccnc3c(=O)n21. The Balaban J connectivity index is 2.03. The van der Waals surface area contributed by atoms with Crippen molar-refractivity contribution in [2.45, 2.75) is 19.0 Å². The molecule has 1 aromatic carbocycles. The normalized spacial score (nSPS) is 20.0. The third-order valence-corrected chi connectivity index (χ3v) is 5.13. The summed E-state index contributed by atoms with van der Waals surface area (Å²) in [5.41, 5.74) is 1.62. The molecule has 7 heteroatoms. The average molecular weight is 419 g/mol. The first-order chi connectivity index (χ1) is 11.2. The van der Waals surface area contributed by atoms with E-state index in [1.807, 2.05) is 30.3 Å². The maximum absolute atomic E-state index is 12.9. The van der Waals surface area contributed by atoms with Crippen molar-refractivity contribution < 1.29 is 0 Å². The van der Waals surface area contributed by atoms with Crippen molar-refractivity contribution in [3.8, 4) is 0 Å². The third kappa shape index (κ3) is 2.13. The monoisotopic (exact) mass is 419 g/mol. The molecule has 0 fully saturated rings. The standard InChI is InChI=1S/C16H14IN5O/c1-10-12(9-17)22(11-5-3-2-4-6-11)16-20-14-13(15(23)21(10)16)18-7-8-19-14/h2-8,10,12H,9H2,1H3/t10-,12-/m0/s1. The predicted octanol–water partition coefficient (Wildman–Crippen LogP) is 2.70. The van der Waals surface area contributed by atoms with E-state index in [0.29, 0.717) is 17.1 Å². The Hall–Kier alpha value is -2.03. The summed E-state index contributed by atoms with van der Waals surface area (Å²) in [5, 5.41) is 0. The van der Waals surface area contributed by atoms with Crippen molar-refractivity contribution in [2.75, 3.05) is 9.33 Å². The van der Waals surface area contributed by atoms with Crippen LogP contribution >= 0.6 is 22.6 Å². The highest BCUT2D eigenvalue weighted by molar-refractivity contribution is 14.1. The quantitative estimate of drug-likeness (QED) is 0.472. The number of para-hydroxylation sites is 1. The molecule has 6 nitrogen and oxygen atoms in total. The molecule has 0 unspecified atom stereocenters. The van der Waals surface area contributed by atoms with E-state index in [4.69, 9.17) is 0 Å². The summed E-state index contributed by atoms with van der Waals surface area (Å²) in [4.78, 5) is 28.0. The molecule has 0 bridgehead atoms. The van der Waals surface area contributed by atoms with E-state index in [-0.39, 0.29) is 17.6 Å². The van der Waals surface area contributed by atoms with E-state index in [9.17, 15) is 4.79 Å². The molecule has 3 aromatic rings. The van der Waals surface area contributed by atoms with Gasteiger partial charge in [0.05, 0.1) is 12.1 Å². The van der Waals surface area contributed by atoms with Gasteiger partial charge in [-0.05, 0) is 19.1 Å². The molecule has 116 valence electrons. The number of halogens is 1. The Morgan fingerprint density at radius 3 is 2.65 bits per heavy atom. The molecule has 23 heavy (non-hydrogen) atoms. The summed E-state index contributed by atoms with van der Waals surface area (Å²) < 4.78 is 2.63. The first-order valence-electron chi connectivity index (χ1n) is 7.36. The predicted molar refractivity (Wildman–Crippen MR) is 97.6 cm³/mol. The molecular formula is C16H14IN5O. The lowest BCUT2D eigenvalue weighted by Gasteiger charge is -2.25. The van der Waals surface area contributed by atoms with Crippen LogP contribution in [0.3, 0.4) is 0 Å². The van der Waals surface area contributed by atoms with Crippen LogP contribution in [0, 0.1) is 0 Å². The fraction of sp³-hybridized carbons (Fsp3) is 0.250. The number of aromatic nitrogens is 4. The zero-order chi connectivity index (χ0) is 16.0. The van der Waals surface area contributed by atoms with Crippen LogP contribution in [0.1, 0.15) is 13.0 Å². The summed E-state index contributed by atoms with van der Waals surface area (Å²) in [5.74, 6) is 0.642. The topological polar surface area (TPSA) is 63.9 Å². The van der Waals surface area contributed by atoms with Crippen LogP contribution in [0.15, 0.2) is 47.5 Å². The van der Waals surface area contributed by atoms with Crippen LogP contribution < -0.4 is 10.5 Å². The molecule has 0 spiro atoms. The number of benzene rings is 1. The Labute approximate surface area is 146 Å². The van der Waals surface area contributed by atoms with Gasteiger partial charge in [-0.25, -0.2) is 9.97 Å². The van der Waals surface area contributed by atoms with Crippen LogP contribution in [0.2, 0.25) is 0 Å². The maximum atomic E-state index is 12.9. The van der Waals surface area contributed by atoms with Gasteiger partial charge in [0.15, 0.2) is 11.2 Å². The van der Waals surface area contributed by atoms with Crippen molar-refractivity contribution in [1.82, 2.24) is 19.5 Å². The van der Waals surface area contributed by atoms with Crippen LogP contribution in [0.25, 0.3) is 11.2 Å². The molecule has 0 saturated heterocycles. The number of nitrogens with zero attached hydrogens (tertiary/aromatic N) is 5. The number of alkyl halides is 1. The van der Waals surface area contributed by atoms with Crippen LogP contribution in [0.4, 0.5) is 11.6 Å². The molecule has 1 aliphatic rings. The smallest absolute Gasteiger partial charge is 0.283 e. The first kappa shape index (κ1) is 14.6. The van der Waals surface area contributed by atoms with E-state index >= 15 is 0 Å². The third-order valence-electron chi connectivity index (χ3n) is 4.23. The molecule has 3 heterocycles. The Bertz CT molecular complexity index is 927. The zero-order valence-electron chi connectivity index (χ0n) is 12.4. The first-order valence-corrected chi connectivity index (χ1v) is 8.88. The van der Waals surface area contributed by atoms with Gasteiger partial charge in [-0.2, -0.15) is 4.98 Å². The molecule has 1 aliphatic heterocycles. The second kappa shape index (κ2) is 5.55. The Kier molecular flexibility index (Phi) is 3.51. The largest absolute Gasteiger partial charge is 0.306 e. The lowest BCUT2D eigenvalue weighted by atomic mass is 10.1. The van der Waals surface area contributed by atoms with Gasteiger partial charge in [0, 0.05) is 22.5 Å². The van der Waals surface area contributed by atoms with Crippen LogP contribution in [-0.2, 0) is 0 Å². The average Bonchev–Trinajstić information content (AvgIpc) is 2.88. The van der Waals surface area contributed by atoms with Gasteiger partial charge in [-0.15, -0.1) is 0 Å². The minimum Gasteiger partial charge on any atom is -0.306 e. The summed E-state index contributed by atoms with van der Waals surface area (Å²) in [7, 11) is 0. The maximum Gasteiger partial charge on any atom is 0.283 e. The van der Waals surface area contributed by atoms with Gasteiger partial charge < -0.3 is 4.90 Å². The number of fused-ring (bicyclic) bond motifs is 2. The highest BCUT2D eigenvalue weighted by atomic mass is 127. The molecular weight excluding hydrogens is 405 g/mol. The molecule has 0 aliphatic carbocycles. The van der Waals surface area contributed by atoms with Crippen molar-refractivity contribution in [1.29, 1.82) is 0 Å². The van der Waals surface area contributed by atoms with Crippen molar-refractivity contribution >= 4 is 45.4 Å². The summed E-state index contributed by atoms with van der Waals surface area (Å²) >= 11 is 2.36. The van der Waals surface area contributed by atoms with Gasteiger partial charge in [-0.1, -0.05) is 40.8 Å². The molecule has 0 radical (unpaired) electrons. The zero-order valence-corrected chi connectivity index (χ0v) is 14.6. The minimum absolute atomic E-state index is 0.0218. The second-order valence-corrected chi connectivity index (χ2v) is 6.36. The van der Waals surface area contributed by atoms with Crippen LogP contribution in [-0.4, -0.2) is 30.0 Å². The number of hydrogen-bond donors (Lipinski definition) is 0. The fourth-order valence-electron chi connectivity index (χ4n) is 3.08. The molecule has 2 atom stereocenters. The molecule has 0 N–H and O–H groups in total. The van der Waals surface area contributed by atoms with Gasteiger partial charge >= 0.3 is 0 Å². The summed E-state index contributed by atoms with van der Waals surface area (Å²) in [6.45, 7) is 2.06. The Morgan fingerprint density at radius 2 is 1.91 bits per heavy atom. The lowest BCUT2D eigenvalue weighted by molar-refractivity contribution is 0.524. The molecule has 0 saturated carbocycles. The summed E-state index contributed by atoms with van der Waals surface area (Å²) in [6, 6.07) is 10.2. The molecule has 4 rings (SSSR count). The number of anilines is 2.